The number of halogens is 1. The van der Waals surface area contributed by atoms with Crippen LogP contribution >= 0.6 is 23.4 Å². The van der Waals surface area contributed by atoms with Gasteiger partial charge in [-0.25, -0.2) is 0 Å². The molecule has 0 bridgehead atoms. The summed E-state index contributed by atoms with van der Waals surface area (Å²) in [7, 11) is 0. The van der Waals surface area contributed by atoms with Crippen LogP contribution in [-0.4, -0.2) is 67.8 Å². The van der Waals surface area contributed by atoms with Crippen molar-refractivity contribution >= 4 is 35.2 Å². The number of thioether (sulfide) groups is 1. The van der Waals surface area contributed by atoms with Gasteiger partial charge in [0.1, 0.15) is 0 Å². The normalized spacial score (nSPS) is 15.7. The number of aryl methyl sites for hydroxylation is 1. The molecule has 37 heavy (non-hydrogen) atoms. The van der Waals surface area contributed by atoms with Crippen molar-refractivity contribution in [3.63, 3.8) is 0 Å². The molecule has 2 heterocycles. The minimum absolute atomic E-state index is 0.0579. The first kappa shape index (κ1) is 27.2. The largest absolute Gasteiger partial charge is 0.339 e. The van der Waals surface area contributed by atoms with E-state index < -0.39 is 0 Å². The van der Waals surface area contributed by atoms with Gasteiger partial charge in [0.25, 0.3) is 0 Å². The summed E-state index contributed by atoms with van der Waals surface area (Å²) >= 11 is 7.88. The Morgan fingerprint density at radius 3 is 2.54 bits per heavy atom. The van der Waals surface area contributed by atoms with E-state index in [1.54, 1.807) is 11.8 Å². The van der Waals surface area contributed by atoms with Crippen molar-refractivity contribution in [3.05, 3.63) is 59.1 Å². The van der Waals surface area contributed by atoms with Crippen LogP contribution in [0.5, 0.6) is 0 Å². The molecule has 1 aliphatic heterocycles. The molecule has 1 saturated heterocycles. The van der Waals surface area contributed by atoms with E-state index in [2.05, 4.69) is 29.3 Å². The van der Waals surface area contributed by atoms with Crippen LogP contribution in [0, 0.1) is 6.92 Å². The Labute approximate surface area is 228 Å². The maximum atomic E-state index is 12.9. The Morgan fingerprint density at radius 1 is 1.05 bits per heavy atom. The summed E-state index contributed by atoms with van der Waals surface area (Å²) in [6, 6.07) is 15.9. The van der Waals surface area contributed by atoms with Crippen LogP contribution in [0.15, 0.2) is 53.7 Å². The minimum atomic E-state index is 0.0579. The van der Waals surface area contributed by atoms with Crippen LogP contribution in [0.2, 0.25) is 5.02 Å². The predicted molar refractivity (Wildman–Crippen MR) is 149 cm³/mol. The Bertz CT molecular complexity index is 1230. The Hall–Kier alpha value is -2.84. The third kappa shape index (κ3) is 6.73. The number of benzene rings is 2. The van der Waals surface area contributed by atoms with E-state index in [-0.39, 0.29) is 17.9 Å². The molecule has 196 valence electrons. The third-order valence-corrected chi connectivity index (χ3v) is 7.79. The molecule has 4 rings (SSSR count). The molecule has 2 aromatic carbocycles. The monoisotopic (exact) mass is 539 g/mol. The third-order valence-electron chi connectivity index (χ3n) is 6.54. The zero-order chi connectivity index (χ0) is 26.4. The number of rotatable bonds is 9. The van der Waals surface area contributed by atoms with Crippen LogP contribution in [0.3, 0.4) is 0 Å². The van der Waals surface area contributed by atoms with E-state index in [1.165, 1.54) is 5.56 Å². The van der Waals surface area contributed by atoms with Gasteiger partial charge in [-0.05, 0) is 44.9 Å². The fourth-order valence-electron chi connectivity index (χ4n) is 4.56. The molecular weight excluding hydrogens is 506 g/mol. The van der Waals surface area contributed by atoms with Gasteiger partial charge in [-0.15, -0.1) is 10.2 Å². The van der Waals surface area contributed by atoms with Crippen LogP contribution in [0.1, 0.15) is 45.1 Å². The molecule has 1 aromatic heterocycles. The molecule has 2 amide bonds. The molecule has 7 nitrogen and oxygen atoms in total. The number of amides is 2. The first-order valence-electron chi connectivity index (χ1n) is 12.9. The van der Waals surface area contributed by atoms with Gasteiger partial charge in [0, 0.05) is 54.9 Å². The molecule has 0 saturated carbocycles. The lowest BCUT2D eigenvalue weighted by Gasteiger charge is -2.40. The fourth-order valence-corrected chi connectivity index (χ4v) is 5.63. The van der Waals surface area contributed by atoms with Crippen LogP contribution < -0.4 is 0 Å². The lowest BCUT2D eigenvalue weighted by atomic mass is 10.1. The zero-order valence-corrected chi connectivity index (χ0v) is 23.3. The van der Waals surface area contributed by atoms with Crippen LogP contribution in [0.25, 0.3) is 17.1 Å². The first-order chi connectivity index (χ1) is 17.9. The Balaban J connectivity index is 1.38. The van der Waals surface area contributed by atoms with Crippen molar-refractivity contribution in [2.24, 2.45) is 0 Å². The molecule has 1 fully saturated rings. The van der Waals surface area contributed by atoms with Crippen LogP contribution in [-0.2, 0) is 9.59 Å². The topological polar surface area (TPSA) is 71.3 Å². The van der Waals surface area contributed by atoms with E-state index in [9.17, 15) is 9.59 Å². The van der Waals surface area contributed by atoms with E-state index in [4.69, 9.17) is 11.6 Å². The van der Waals surface area contributed by atoms with Crippen molar-refractivity contribution in [2.45, 2.75) is 57.7 Å². The number of hydrogen-bond acceptors (Lipinski definition) is 5. The highest BCUT2D eigenvalue weighted by Crippen LogP contribution is 2.30. The van der Waals surface area contributed by atoms with Crippen molar-refractivity contribution < 1.29 is 9.59 Å². The molecule has 0 radical (unpaired) electrons. The number of hydrogen-bond donors (Lipinski definition) is 0. The average Bonchev–Trinajstić information content (AvgIpc) is 3.31. The van der Waals surface area contributed by atoms with Gasteiger partial charge >= 0.3 is 0 Å². The summed E-state index contributed by atoms with van der Waals surface area (Å²) in [5.41, 5.74) is 3.06. The number of nitrogens with zero attached hydrogens (tertiary/aromatic N) is 5. The summed E-state index contributed by atoms with van der Waals surface area (Å²) < 4.78 is 2.03. The number of carbonyl (C=O) groups excluding carboxylic acids is 2. The highest BCUT2D eigenvalue weighted by atomic mass is 35.5. The predicted octanol–water partition coefficient (Wildman–Crippen LogP) is 5.63. The number of aromatic nitrogens is 3. The maximum Gasteiger partial charge on any atom is 0.222 e. The fraction of sp³-hybridized carbons (Fsp3) is 0.429. The van der Waals surface area contributed by atoms with Gasteiger partial charge in [-0.1, -0.05) is 66.2 Å². The lowest BCUT2D eigenvalue weighted by Crippen LogP contribution is -2.55. The molecule has 0 spiro atoms. The quantitative estimate of drug-likeness (QED) is 0.260. The second-order valence-electron chi connectivity index (χ2n) is 9.47. The summed E-state index contributed by atoms with van der Waals surface area (Å²) in [5.74, 6) is 1.83. The molecule has 9 heteroatoms. The Kier molecular flexibility index (Phi) is 9.27. The van der Waals surface area contributed by atoms with E-state index >= 15 is 0 Å². The van der Waals surface area contributed by atoms with Gasteiger partial charge < -0.3 is 9.80 Å². The smallest absolute Gasteiger partial charge is 0.222 e. The van der Waals surface area contributed by atoms with Gasteiger partial charge in [0.2, 0.25) is 11.8 Å². The summed E-state index contributed by atoms with van der Waals surface area (Å²) in [4.78, 5) is 29.0. The summed E-state index contributed by atoms with van der Waals surface area (Å²) in [6.07, 6.45) is 2.62. The lowest BCUT2D eigenvalue weighted by molar-refractivity contribution is -0.142. The van der Waals surface area contributed by atoms with Crippen molar-refractivity contribution in [2.75, 3.05) is 25.4 Å². The molecule has 1 unspecified atom stereocenters. The standard InChI is InChI=1S/C28H34ClN5O2S/c1-4-7-26(36)33-16-15-32(19-21(33)3)25(35)10-6-17-37-28-31-30-27(22-13-11-20(2)12-14-22)34(28)24-9-5-8-23(29)18-24/h5,8-9,11-14,18,21H,4,6-7,10,15-17,19H2,1-3H3. The van der Waals surface area contributed by atoms with E-state index in [1.807, 2.05) is 64.6 Å². The summed E-state index contributed by atoms with van der Waals surface area (Å²) in [6.45, 7) is 7.92. The SMILES string of the molecule is CCCC(=O)N1CCN(C(=O)CCCSc2nnc(-c3ccc(C)cc3)n2-c2cccc(Cl)c2)CC1C. The average molecular weight is 540 g/mol. The molecular formula is C28H34ClN5O2S. The van der Waals surface area contributed by atoms with Crippen molar-refractivity contribution in [1.29, 1.82) is 0 Å². The highest BCUT2D eigenvalue weighted by molar-refractivity contribution is 7.99. The van der Waals surface area contributed by atoms with Crippen LogP contribution in [0.4, 0.5) is 0 Å². The van der Waals surface area contributed by atoms with Crippen molar-refractivity contribution in [3.8, 4) is 17.1 Å². The zero-order valence-electron chi connectivity index (χ0n) is 21.7. The maximum absolute atomic E-state index is 12.9. The van der Waals surface area contributed by atoms with E-state index in [0.717, 1.165) is 40.8 Å². The first-order valence-corrected chi connectivity index (χ1v) is 14.2. The molecule has 1 atom stereocenters. The Morgan fingerprint density at radius 2 is 1.84 bits per heavy atom. The van der Waals surface area contributed by atoms with Gasteiger partial charge in [0.05, 0.1) is 5.69 Å². The number of piperazine rings is 1. The van der Waals surface area contributed by atoms with Gasteiger partial charge in [-0.3, -0.25) is 14.2 Å². The van der Waals surface area contributed by atoms with Crippen molar-refractivity contribution in [1.82, 2.24) is 24.6 Å². The minimum Gasteiger partial charge on any atom is -0.339 e. The molecule has 1 aliphatic rings. The summed E-state index contributed by atoms with van der Waals surface area (Å²) in [5, 5.41) is 10.4. The molecule has 3 aromatic rings. The molecule has 0 N–H and O–H groups in total. The second kappa shape index (κ2) is 12.6. The van der Waals surface area contributed by atoms with E-state index in [0.29, 0.717) is 37.5 Å². The van der Waals surface area contributed by atoms with Gasteiger partial charge in [0.15, 0.2) is 11.0 Å². The second-order valence-corrected chi connectivity index (χ2v) is 11.0. The highest BCUT2D eigenvalue weighted by Gasteiger charge is 2.29. The van der Waals surface area contributed by atoms with Gasteiger partial charge in [-0.2, -0.15) is 0 Å². The number of carbonyl (C=O) groups is 2. The molecule has 0 aliphatic carbocycles.